The van der Waals surface area contributed by atoms with Crippen molar-refractivity contribution < 1.29 is 4.39 Å². The highest BCUT2D eigenvalue weighted by molar-refractivity contribution is 5.95. The van der Waals surface area contributed by atoms with Crippen molar-refractivity contribution in [2.75, 3.05) is 17.2 Å². The Morgan fingerprint density at radius 2 is 1.83 bits per heavy atom. The van der Waals surface area contributed by atoms with Gasteiger partial charge in [0, 0.05) is 24.0 Å². The van der Waals surface area contributed by atoms with E-state index < -0.39 is 6.17 Å². The van der Waals surface area contributed by atoms with Crippen LogP contribution in [0.1, 0.15) is 18.4 Å². The molecular formula is C22H21FN6. The van der Waals surface area contributed by atoms with Crippen LogP contribution in [0.25, 0.3) is 0 Å². The second-order valence-corrected chi connectivity index (χ2v) is 6.28. The number of nitriles is 1. The Hall–Kier alpha value is -3.81. The number of nitrogens with zero attached hydrogens (tertiary/aromatic N) is 2. The molecule has 0 radical (unpaired) electrons. The summed E-state index contributed by atoms with van der Waals surface area (Å²) >= 11 is 0. The molecule has 2 aromatic rings. The van der Waals surface area contributed by atoms with Crippen LogP contribution in [0.5, 0.6) is 0 Å². The average molecular weight is 388 g/mol. The summed E-state index contributed by atoms with van der Waals surface area (Å²) in [6.45, 7) is 0.597. The van der Waals surface area contributed by atoms with E-state index in [-0.39, 0.29) is 5.82 Å². The molecule has 0 amide bonds. The van der Waals surface area contributed by atoms with Gasteiger partial charge in [-0.25, -0.2) is 9.38 Å². The summed E-state index contributed by atoms with van der Waals surface area (Å²) in [5.74, 6) is 6.45. The van der Waals surface area contributed by atoms with Crippen LogP contribution in [0.15, 0.2) is 65.3 Å². The van der Waals surface area contributed by atoms with E-state index in [1.807, 2.05) is 0 Å². The number of anilines is 2. The monoisotopic (exact) mass is 388 g/mol. The molecule has 7 heteroatoms. The van der Waals surface area contributed by atoms with Crippen LogP contribution in [0.2, 0.25) is 0 Å². The zero-order chi connectivity index (χ0) is 20.5. The zero-order valence-electron chi connectivity index (χ0n) is 15.7. The highest BCUT2D eigenvalue weighted by atomic mass is 19.1. The van der Waals surface area contributed by atoms with Gasteiger partial charge in [0.1, 0.15) is 5.82 Å². The lowest BCUT2D eigenvalue weighted by molar-refractivity contribution is 0.628. The highest BCUT2D eigenvalue weighted by Gasteiger charge is 2.17. The van der Waals surface area contributed by atoms with Crippen molar-refractivity contribution in [2.24, 2.45) is 10.7 Å². The number of hydrogen-bond donors (Lipinski definition) is 4. The van der Waals surface area contributed by atoms with Gasteiger partial charge in [-0.1, -0.05) is 11.8 Å². The first-order chi connectivity index (χ1) is 14.2. The molecule has 3 rings (SSSR count). The molecule has 5 N–H and O–H groups in total. The van der Waals surface area contributed by atoms with Crippen LogP contribution in [-0.4, -0.2) is 18.7 Å². The van der Waals surface area contributed by atoms with Crippen molar-refractivity contribution in [2.45, 2.75) is 19.0 Å². The van der Waals surface area contributed by atoms with Crippen molar-refractivity contribution in [1.29, 1.82) is 5.26 Å². The number of hydrogen-bond acceptors (Lipinski definition) is 6. The first kappa shape index (κ1) is 19.9. The largest absolute Gasteiger partial charge is 0.359 e. The molecule has 29 heavy (non-hydrogen) atoms. The van der Waals surface area contributed by atoms with E-state index in [1.165, 1.54) is 12.1 Å². The van der Waals surface area contributed by atoms with Crippen LogP contribution in [0, 0.1) is 29.0 Å². The van der Waals surface area contributed by atoms with Gasteiger partial charge in [0.25, 0.3) is 0 Å². The Balaban J connectivity index is 1.77. The predicted molar refractivity (Wildman–Crippen MR) is 113 cm³/mol. The summed E-state index contributed by atoms with van der Waals surface area (Å²) in [7, 11) is 0. The smallest absolute Gasteiger partial charge is 0.202 e. The van der Waals surface area contributed by atoms with E-state index in [1.54, 1.807) is 42.6 Å². The summed E-state index contributed by atoms with van der Waals surface area (Å²) in [5.41, 5.74) is 8.38. The van der Waals surface area contributed by atoms with Gasteiger partial charge in [0.05, 0.1) is 17.2 Å². The van der Waals surface area contributed by atoms with Gasteiger partial charge in [-0.3, -0.25) is 0 Å². The van der Waals surface area contributed by atoms with Gasteiger partial charge < -0.3 is 21.7 Å². The third kappa shape index (κ3) is 5.83. The van der Waals surface area contributed by atoms with Crippen LogP contribution < -0.4 is 21.7 Å². The molecule has 0 aliphatic carbocycles. The van der Waals surface area contributed by atoms with Crippen LogP contribution in [0.4, 0.5) is 15.8 Å². The SMILES string of the molecule is N#Cc1ccc(NC2=NC(Nc3ccc(F)cc3)C(C#CCCCN)=CN2)cc1. The fraction of sp³-hybridized carbons (Fsp3) is 0.182. The number of benzene rings is 2. The highest BCUT2D eigenvalue weighted by Crippen LogP contribution is 2.17. The normalized spacial score (nSPS) is 15.0. The van der Waals surface area contributed by atoms with E-state index in [9.17, 15) is 4.39 Å². The third-order valence-electron chi connectivity index (χ3n) is 4.08. The van der Waals surface area contributed by atoms with Gasteiger partial charge in [0.15, 0.2) is 6.17 Å². The standard InChI is InChI=1S/C22H21FN6/c23-18-7-11-19(12-8-18)27-21-17(4-2-1-3-13-24)15-26-22(29-21)28-20-9-5-16(14-25)6-10-20/h5-12,15,21,27H,1,3,13,24H2,(H2,26,28,29). The number of guanidine groups is 1. The summed E-state index contributed by atoms with van der Waals surface area (Å²) in [6, 6.07) is 15.2. The van der Waals surface area contributed by atoms with E-state index in [0.29, 0.717) is 24.5 Å². The van der Waals surface area contributed by atoms with E-state index in [2.05, 4.69) is 38.9 Å². The van der Waals surface area contributed by atoms with Crippen molar-refractivity contribution in [3.63, 3.8) is 0 Å². The molecule has 0 saturated carbocycles. The van der Waals surface area contributed by atoms with Crippen molar-refractivity contribution in [3.8, 4) is 17.9 Å². The van der Waals surface area contributed by atoms with Gasteiger partial charge in [0.2, 0.25) is 5.96 Å². The summed E-state index contributed by atoms with van der Waals surface area (Å²) in [5, 5.41) is 18.4. The number of rotatable bonds is 5. The second-order valence-electron chi connectivity index (χ2n) is 6.28. The zero-order valence-corrected chi connectivity index (χ0v) is 15.7. The van der Waals surface area contributed by atoms with Crippen LogP contribution in [0.3, 0.4) is 0 Å². The maximum absolute atomic E-state index is 13.2. The quantitative estimate of drug-likeness (QED) is 0.466. The van der Waals surface area contributed by atoms with Gasteiger partial charge >= 0.3 is 0 Å². The van der Waals surface area contributed by atoms with Gasteiger partial charge in [-0.05, 0) is 61.5 Å². The number of halogens is 1. The molecule has 0 spiro atoms. The van der Waals surface area contributed by atoms with Crippen molar-refractivity contribution >= 4 is 17.3 Å². The van der Waals surface area contributed by atoms with Crippen molar-refractivity contribution in [1.82, 2.24) is 5.32 Å². The first-order valence-corrected chi connectivity index (χ1v) is 9.20. The summed E-state index contributed by atoms with van der Waals surface area (Å²) in [4.78, 5) is 4.65. The van der Waals surface area contributed by atoms with E-state index >= 15 is 0 Å². The molecule has 0 aromatic heterocycles. The fourth-order valence-electron chi connectivity index (χ4n) is 2.57. The number of nitrogens with two attached hydrogens (primary N) is 1. The summed E-state index contributed by atoms with van der Waals surface area (Å²) < 4.78 is 13.2. The number of nitrogens with one attached hydrogen (secondary N) is 3. The molecule has 0 bridgehead atoms. The minimum atomic E-state index is -0.437. The van der Waals surface area contributed by atoms with Gasteiger partial charge in [-0.2, -0.15) is 5.26 Å². The molecule has 6 nitrogen and oxygen atoms in total. The minimum Gasteiger partial charge on any atom is -0.359 e. The number of unbranched alkanes of at least 4 members (excludes halogenated alkanes) is 1. The Kier molecular flexibility index (Phi) is 6.83. The second kappa shape index (κ2) is 9.93. The minimum absolute atomic E-state index is 0.301. The average Bonchev–Trinajstić information content (AvgIpc) is 2.75. The van der Waals surface area contributed by atoms with E-state index in [4.69, 9.17) is 11.0 Å². The lowest BCUT2D eigenvalue weighted by atomic mass is 10.1. The summed E-state index contributed by atoms with van der Waals surface area (Å²) in [6.07, 6.45) is 2.89. The van der Waals surface area contributed by atoms with Gasteiger partial charge in [-0.15, -0.1) is 0 Å². The van der Waals surface area contributed by atoms with Crippen LogP contribution >= 0.6 is 0 Å². The molecule has 0 saturated heterocycles. The van der Waals surface area contributed by atoms with Crippen molar-refractivity contribution in [3.05, 3.63) is 71.7 Å². The first-order valence-electron chi connectivity index (χ1n) is 9.20. The molecule has 1 atom stereocenters. The lowest BCUT2D eigenvalue weighted by Gasteiger charge is -2.23. The topological polar surface area (TPSA) is 98.3 Å². The molecule has 1 unspecified atom stereocenters. The van der Waals surface area contributed by atoms with Crippen LogP contribution in [-0.2, 0) is 0 Å². The molecule has 1 aliphatic rings. The maximum atomic E-state index is 13.2. The predicted octanol–water partition coefficient (Wildman–Crippen LogP) is 3.13. The Bertz CT molecular complexity index is 991. The molecule has 1 heterocycles. The molecule has 2 aromatic carbocycles. The maximum Gasteiger partial charge on any atom is 0.202 e. The Labute approximate surface area is 169 Å². The molecular weight excluding hydrogens is 367 g/mol. The molecule has 146 valence electrons. The van der Waals surface area contributed by atoms with E-state index in [0.717, 1.165) is 23.4 Å². The fourth-order valence-corrected chi connectivity index (χ4v) is 2.57. The Morgan fingerprint density at radius 3 is 2.52 bits per heavy atom. The molecule has 0 fully saturated rings. The third-order valence-corrected chi connectivity index (χ3v) is 4.08. The number of aliphatic imine (C=N–C) groups is 1. The lowest BCUT2D eigenvalue weighted by Crippen LogP contribution is -2.36. The molecule has 1 aliphatic heterocycles. The Morgan fingerprint density at radius 1 is 1.10 bits per heavy atom.